The first kappa shape index (κ1) is 16.4. The lowest BCUT2D eigenvalue weighted by atomic mass is 10.0. The lowest BCUT2D eigenvalue weighted by Crippen LogP contribution is -2.18. The monoisotopic (exact) mass is 317 g/mol. The van der Waals surface area contributed by atoms with E-state index in [1.165, 1.54) is 29.7 Å². The molecule has 1 heterocycles. The average Bonchev–Trinajstić information content (AvgIpc) is 2.47. The summed E-state index contributed by atoms with van der Waals surface area (Å²) in [4.78, 5) is -0.178. The Balaban J connectivity index is 0.000000160. The fourth-order valence-corrected chi connectivity index (χ4v) is 2.66. The predicted molar refractivity (Wildman–Crippen MR) is 85.5 cm³/mol. The van der Waals surface area contributed by atoms with E-state index in [-0.39, 0.29) is 4.90 Å². The van der Waals surface area contributed by atoms with Crippen LogP contribution >= 0.6 is 0 Å². The van der Waals surface area contributed by atoms with Crippen molar-refractivity contribution in [1.82, 2.24) is 0 Å². The second-order valence-electron chi connectivity index (χ2n) is 5.33. The minimum atomic E-state index is -4.27. The van der Waals surface area contributed by atoms with E-state index in [9.17, 15) is 13.0 Å². The molecule has 0 fully saturated rings. The summed E-state index contributed by atoms with van der Waals surface area (Å²) < 4.78 is 33.4. The van der Waals surface area contributed by atoms with Gasteiger partial charge in [-0.25, -0.2) is 13.0 Å². The molecule has 0 aromatic heterocycles. The number of hydrogen-bond donors (Lipinski definition) is 0. The van der Waals surface area contributed by atoms with Gasteiger partial charge in [-0.05, 0) is 30.7 Å². The summed E-state index contributed by atoms with van der Waals surface area (Å²) in [6.07, 6.45) is 3.39. The maximum Gasteiger partial charge on any atom is 0.170 e. The Kier molecular flexibility index (Phi) is 5.11. The lowest BCUT2D eigenvalue weighted by molar-refractivity contribution is -0.493. The van der Waals surface area contributed by atoms with Gasteiger partial charge in [0.1, 0.15) is 23.7 Å². The van der Waals surface area contributed by atoms with Crippen LogP contribution in [0.5, 0.6) is 0 Å². The van der Waals surface area contributed by atoms with E-state index in [4.69, 9.17) is 0 Å². The molecule has 1 aliphatic heterocycles. The molecule has 0 radical (unpaired) electrons. The summed E-state index contributed by atoms with van der Waals surface area (Å²) in [6, 6.07) is 14.4. The molecule has 0 bridgehead atoms. The first-order valence-corrected chi connectivity index (χ1v) is 8.42. The van der Waals surface area contributed by atoms with Crippen LogP contribution in [0.2, 0.25) is 0 Å². The van der Waals surface area contributed by atoms with Crippen molar-refractivity contribution in [1.29, 1.82) is 0 Å². The van der Waals surface area contributed by atoms with E-state index in [1.54, 1.807) is 12.1 Å². The highest BCUT2D eigenvalue weighted by Gasteiger charge is 2.10. The number of hydrogen-bond acceptors (Lipinski definition) is 3. The van der Waals surface area contributed by atoms with Crippen LogP contribution in [0.3, 0.4) is 0 Å². The largest absolute Gasteiger partial charge is 0.744 e. The molecule has 4 nitrogen and oxygen atoms in total. The molecule has 0 atom stereocenters. The summed E-state index contributed by atoms with van der Waals surface area (Å²) in [5.74, 6) is 0. The van der Waals surface area contributed by atoms with Gasteiger partial charge < -0.3 is 4.55 Å². The summed E-state index contributed by atoms with van der Waals surface area (Å²) >= 11 is 0. The third-order valence-corrected chi connectivity index (χ3v) is 4.31. The van der Waals surface area contributed by atoms with Crippen molar-refractivity contribution in [3.8, 4) is 0 Å². The second kappa shape index (κ2) is 6.85. The van der Waals surface area contributed by atoms with Gasteiger partial charge in [-0.1, -0.05) is 35.9 Å². The normalized spacial score (nSPS) is 13.5. The third kappa shape index (κ3) is 4.51. The van der Waals surface area contributed by atoms with Crippen LogP contribution in [-0.4, -0.2) is 37.4 Å². The van der Waals surface area contributed by atoms with Crippen molar-refractivity contribution in [3.63, 3.8) is 0 Å². The Labute approximate surface area is 131 Å². The van der Waals surface area contributed by atoms with Gasteiger partial charge >= 0.3 is 0 Å². The van der Waals surface area contributed by atoms with E-state index in [1.807, 2.05) is 6.92 Å². The molecule has 2 aromatic rings. The summed E-state index contributed by atoms with van der Waals surface area (Å²) in [6.45, 7) is 2.97. The molecule has 0 spiro atoms. The van der Waals surface area contributed by atoms with Crippen molar-refractivity contribution in [2.24, 2.45) is 0 Å². The fraction of sp³-hybridized carbons (Fsp3) is 0.235. The topological polar surface area (TPSA) is 60.2 Å². The Morgan fingerprint density at radius 1 is 1.05 bits per heavy atom. The summed E-state index contributed by atoms with van der Waals surface area (Å²) in [5.41, 5.74) is 3.78. The highest BCUT2D eigenvalue weighted by atomic mass is 32.2. The lowest BCUT2D eigenvalue weighted by Gasteiger charge is -2.08. The minimum Gasteiger partial charge on any atom is -0.744 e. The van der Waals surface area contributed by atoms with Gasteiger partial charge in [-0.15, -0.1) is 0 Å². The predicted octanol–water partition coefficient (Wildman–Crippen LogP) is 2.20. The van der Waals surface area contributed by atoms with Crippen LogP contribution in [0.15, 0.2) is 53.4 Å². The van der Waals surface area contributed by atoms with Crippen molar-refractivity contribution < 1.29 is 17.5 Å². The summed E-state index contributed by atoms with van der Waals surface area (Å²) in [5, 5.41) is 0. The number of likely N-dealkylation sites (N-methyl/N-ethyl adjacent to an activating group) is 1. The van der Waals surface area contributed by atoms with Gasteiger partial charge in [0, 0.05) is 12.0 Å². The van der Waals surface area contributed by atoms with Gasteiger partial charge in [0.2, 0.25) is 0 Å². The molecular weight excluding hydrogens is 298 g/mol. The van der Waals surface area contributed by atoms with E-state index in [0.717, 1.165) is 12.1 Å². The van der Waals surface area contributed by atoms with Gasteiger partial charge in [0.25, 0.3) is 0 Å². The Bertz CT molecular complexity index is 778. The van der Waals surface area contributed by atoms with Gasteiger partial charge in [-0.2, -0.15) is 0 Å². The van der Waals surface area contributed by atoms with Crippen LogP contribution in [-0.2, 0) is 16.5 Å². The maximum absolute atomic E-state index is 10.4. The van der Waals surface area contributed by atoms with Crippen LogP contribution in [0.1, 0.15) is 16.7 Å². The van der Waals surface area contributed by atoms with Crippen molar-refractivity contribution in [2.75, 3.05) is 13.6 Å². The molecule has 1 aliphatic rings. The first-order valence-electron chi connectivity index (χ1n) is 7.02. The van der Waals surface area contributed by atoms with E-state index in [0.29, 0.717) is 0 Å². The Morgan fingerprint density at radius 2 is 1.68 bits per heavy atom. The van der Waals surface area contributed by atoms with E-state index in [2.05, 4.69) is 42.1 Å². The van der Waals surface area contributed by atoms with Gasteiger partial charge in [0.05, 0.1) is 4.90 Å². The molecule has 0 saturated heterocycles. The number of rotatable bonds is 1. The molecule has 3 rings (SSSR count). The fourth-order valence-electron chi connectivity index (χ4n) is 2.19. The van der Waals surface area contributed by atoms with Crippen LogP contribution < -0.4 is 0 Å². The quantitative estimate of drug-likeness (QED) is 0.598. The number of aryl methyl sites for hydroxylation is 1. The molecule has 116 valence electrons. The van der Waals surface area contributed by atoms with Crippen LogP contribution in [0, 0.1) is 6.92 Å². The molecule has 0 unspecified atom stereocenters. The molecule has 2 aromatic carbocycles. The van der Waals surface area contributed by atoms with Gasteiger partial charge in [-0.3, -0.25) is 0 Å². The van der Waals surface area contributed by atoms with Crippen molar-refractivity contribution >= 4 is 16.3 Å². The molecule has 22 heavy (non-hydrogen) atoms. The number of nitrogens with zero attached hydrogens (tertiary/aromatic N) is 1. The van der Waals surface area contributed by atoms with Crippen molar-refractivity contribution in [2.45, 2.75) is 18.2 Å². The molecular formula is C17H19NO3S. The van der Waals surface area contributed by atoms with Gasteiger partial charge in [0.15, 0.2) is 6.21 Å². The molecule has 0 saturated carbocycles. The minimum absolute atomic E-state index is 0.178. The van der Waals surface area contributed by atoms with Crippen LogP contribution in [0.4, 0.5) is 0 Å². The zero-order valence-electron chi connectivity index (χ0n) is 12.7. The number of fused-ring (bicyclic) bond motifs is 1. The zero-order valence-corrected chi connectivity index (χ0v) is 13.5. The highest BCUT2D eigenvalue weighted by Crippen LogP contribution is 2.10. The summed E-state index contributed by atoms with van der Waals surface area (Å²) in [7, 11) is -2.15. The molecule has 5 heteroatoms. The third-order valence-electron chi connectivity index (χ3n) is 3.46. The standard InChI is InChI=1S/C10H12N.C7H8O3S/c1-11-7-6-9-4-2-3-5-10(9)8-11;1-6-2-4-7(5-3-6)11(8,9)10/h2-5,8H,6-7H2,1H3;2-5H,1H3,(H,8,9,10)/q+1;/p-1. The molecule has 0 aliphatic carbocycles. The Morgan fingerprint density at radius 3 is 2.32 bits per heavy atom. The van der Waals surface area contributed by atoms with Crippen LogP contribution in [0.25, 0.3) is 0 Å². The second-order valence-corrected chi connectivity index (χ2v) is 6.71. The Hall–Kier alpha value is -1.98. The SMILES string of the molecule is C[N+]1=Cc2ccccc2CC1.Cc1ccc(S(=O)(=O)[O-])cc1. The number of benzene rings is 2. The molecule has 0 amide bonds. The zero-order chi connectivity index (χ0) is 16.2. The molecule has 0 N–H and O–H groups in total. The van der Waals surface area contributed by atoms with E-state index < -0.39 is 10.1 Å². The average molecular weight is 317 g/mol. The van der Waals surface area contributed by atoms with Crippen molar-refractivity contribution in [3.05, 3.63) is 65.2 Å². The first-order chi connectivity index (χ1) is 10.4. The highest BCUT2D eigenvalue weighted by molar-refractivity contribution is 7.85. The van der Waals surface area contributed by atoms with E-state index >= 15 is 0 Å². The smallest absolute Gasteiger partial charge is 0.170 e. The maximum atomic E-state index is 10.4.